The fourth-order valence-corrected chi connectivity index (χ4v) is 3.55. The molecule has 0 N–H and O–H groups in total. The highest BCUT2D eigenvalue weighted by molar-refractivity contribution is 5.96. The molecule has 2 aromatic carbocycles. The molecule has 0 aliphatic carbocycles. The van der Waals surface area contributed by atoms with Gasteiger partial charge in [-0.15, -0.1) is 0 Å². The Morgan fingerprint density at radius 2 is 1.50 bits per heavy atom. The van der Waals surface area contributed by atoms with Crippen molar-refractivity contribution >= 4 is 5.91 Å². The van der Waals surface area contributed by atoms with Crippen LogP contribution in [0.1, 0.15) is 62.0 Å². The lowest BCUT2D eigenvalue weighted by atomic mass is 9.89. The summed E-state index contributed by atoms with van der Waals surface area (Å²) in [4.78, 5) is 15.2. The first-order chi connectivity index (χ1) is 12.3. The lowest BCUT2D eigenvalue weighted by Crippen LogP contribution is -2.42. The van der Waals surface area contributed by atoms with Crippen LogP contribution in [0, 0.1) is 0 Å². The van der Waals surface area contributed by atoms with E-state index in [1.165, 1.54) is 5.56 Å². The summed E-state index contributed by atoms with van der Waals surface area (Å²) < 4.78 is 5.23. The maximum atomic E-state index is 13.2. The fourth-order valence-electron chi connectivity index (χ4n) is 3.55. The molecule has 0 saturated heterocycles. The minimum atomic E-state index is 0.118. The quantitative estimate of drug-likeness (QED) is 0.676. The summed E-state index contributed by atoms with van der Waals surface area (Å²) in [5.41, 5.74) is 3.17. The Hall–Kier alpha value is -2.29. The van der Waals surface area contributed by atoms with E-state index in [1.807, 2.05) is 35.2 Å². The van der Waals surface area contributed by atoms with Gasteiger partial charge in [0.1, 0.15) is 5.75 Å². The molecule has 2 aromatic rings. The van der Waals surface area contributed by atoms with Crippen molar-refractivity contribution < 1.29 is 9.53 Å². The molecule has 140 valence electrons. The normalized spacial score (nSPS) is 12.3. The summed E-state index contributed by atoms with van der Waals surface area (Å²) >= 11 is 0. The van der Waals surface area contributed by atoms with Crippen molar-refractivity contribution in [3.8, 4) is 5.75 Å². The van der Waals surface area contributed by atoms with Crippen molar-refractivity contribution in [1.29, 1.82) is 0 Å². The highest BCUT2D eigenvalue weighted by atomic mass is 16.5. The van der Waals surface area contributed by atoms with Gasteiger partial charge in [0, 0.05) is 17.6 Å². The number of hydrogen-bond donors (Lipinski definition) is 0. The third kappa shape index (κ3) is 4.66. The zero-order valence-corrected chi connectivity index (χ0v) is 16.8. The van der Waals surface area contributed by atoms with E-state index in [0.717, 1.165) is 23.3 Å². The van der Waals surface area contributed by atoms with Crippen LogP contribution in [0.4, 0.5) is 0 Å². The lowest BCUT2D eigenvalue weighted by Gasteiger charge is -2.32. The summed E-state index contributed by atoms with van der Waals surface area (Å²) in [5, 5.41) is 0. The molecule has 0 aliphatic heterocycles. The molecule has 0 unspecified atom stereocenters. The zero-order valence-electron chi connectivity index (χ0n) is 16.8. The first-order valence-electron chi connectivity index (χ1n) is 9.39. The van der Waals surface area contributed by atoms with Crippen molar-refractivity contribution in [2.75, 3.05) is 7.11 Å². The molecule has 0 fully saturated rings. The Morgan fingerprint density at radius 1 is 0.923 bits per heavy atom. The number of methoxy groups -OCH3 is 1. The van der Waals surface area contributed by atoms with Crippen molar-refractivity contribution in [2.24, 2.45) is 0 Å². The Kier molecular flexibility index (Phi) is 6.84. The molecule has 3 nitrogen and oxygen atoms in total. The number of carbonyl (C=O) groups excluding carboxylic acids is 1. The minimum absolute atomic E-state index is 0.118. The molecule has 1 atom stereocenters. The number of carbonyl (C=O) groups is 1. The van der Waals surface area contributed by atoms with Crippen molar-refractivity contribution in [3.05, 3.63) is 65.2 Å². The number of hydrogen-bond acceptors (Lipinski definition) is 2. The summed E-state index contributed by atoms with van der Waals surface area (Å²) in [6.45, 7) is 10.5. The van der Waals surface area contributed by atoms with Crippen LogP contribution in [-0.2, 0) is 6.42 Å². The summed E-state index contributed by atoms with van der Waals surface area (Å²) in [6, 6.07) is 16.5. The van der Waals surface area contributed by atoms with Gasteiger partial charge in [-0.05, 0) is 69.4 Å². The van der Waals surface area contributed by atoms with E-state index in [9.17, 15) is 4.79 Å². The van der Waals surface area contributed by atoms with E-state index in [4.69, 9.17) is 4.74 Å². The summed E-state index contributed by atoms with van der Waals surface area (Å²) in [5.74, 6) is 1.23. The second-order valence-corrected chi connectivity index (χ2v) is 7.44. The largest absolute Gasteiger partial charge is 0.497 e. The van der Waals surface area contributed by atoms with E-state index in [2.05, 4.69) is 52.8 Å². The highest BCUT2D eigenvalue weighted by Crippen LogP contribution is 2.26. The molecule has 0 saturated carbocycles. The number of nitrogens with zero attached hydrogens (tertiary/aromatic N) is 1. The average Bonchev–Trinajstić information content (AvgIpc) is 2.61. The van der Waals surface area contributed by atoms with Crippen LogP contribution >= 0.6 is 0 Å². The highest BCUT2D eigenvalue weighted by Gasteiger charge is 2.25. The molecular weight excluding hydrogens is 322 g/mol. The van der Waals surface area contributed by atoms with Gasteiger partial charge in [0.2, 0.25) is 0 Å². The van der Waals surface area contributed by atoms with Gasteiger partial charge in [0.05, 0.1) is 7.11 Å². The molecular formula is C23H31NO2. The van der Waals surface area contributed by atoms with E-state index in [-0.39, 0.29) is 23.9 Å². The first kappa shape index (κ1) is 20.0. The van der Waals surface area contributed by atoms with Crippen molar-refractivity contribution in [2.45, 2.75) is 59.0 Å². The molecule has 0 aliphatic rings. The minimum Gasteiger partial charge on any atom is -0.497 e. The van der Waals surface area contributed by atoms with Crippen molar-refractivity contribution in [1.82, 2.24) is 4.90 Å². The van der Waals surface area contributed by atoms with Crippen LogP contribution in [-0.4, -0.2) is 30.0 Å². The first-order valence-corrected chi connectivity index (χ1v) is 9.39. The van der Waals surface area contributed by atoms with Gasteiger partial charge in [0.15, 0.2) is 0 Å². The maximum absolute atomic E-state index is 13.2. The van der Waals surface area contributed by atoms with Gasteiger partial charge < -0.3 is 9.64 Å². The molecule has 0 heterocycles. The summed E-state index contributed by atoms with van der Waals surface area (Å²) in [7, 11) is 1.68. The van der Waals surface area contributed by atoms with Crippen LogP contribution in [0.2, 0.25) is 0 Å². The third-order valence-corrected chi connectivity index (χ3v) is 4.77. The van der Waals surface area contributed by atoms with Gasteiger partial charge in [-0.25, -0.2) is 0 Å². The fraction of sp³-hybridized carbons (Fsp3) is 0.435. The number of ether oxygens (including phenoxy) is 1. The van der Waals surface area contributed by atoms with E-state index in [0.29, 0.717) is 0 Å². The molecule has 2 rings (SSSR count). The van der Waals surface area contributed by atoms with Crippen LogP contribution in [0.15, 0.2) is 48.5 Å². The molecule has 3 heteroatoms. The van der Waals surface area contributed by atoms with Gasteiger partial charge in [-0.3, -0.25) is 4.79 Å². The Balaban J connectivity index is 2.27. The van der Waals surface area contributed by atoms with Crippen molar-refractivity contribution in [3.63, 3.8) is 0 Å². The number of benzene rings is 2. The monoisotopic (exact) mass is 353 g/mol. The number of rotatable bonds is 7. The second kappa shape index (κ2) is 8.88. The summed E-state index contributed by atoms with van der Waals surface area (Å²) in [6.07, 6.45) is 0.887. The van der Waals surface area contributed by atoms with Gasteiger partial charge in [-0.2, -0.15) is 0 Å². The second-order valence-electron chi connectivity index (χ2n) is 7.44. The molecule has 1 amide bonds. The average molecular weight is 354 g/mol. The Bertz CT molecular complexity index is 711. The lowest BCUT2D eigenvalue weighted by molar-refractivity contribution is 0.0642. The van der Waals surface area contributed by atoms with Crippen LogP contribution in [0.25, 0.3) is 0 Å². The maximum Gasteiger partial charge on any atom is 0.254 e. The Morgan fingerprint density at radius 3 is 2.04 bits per heavy atom. The van der Waals surface area contributed by atoms with E-state index < -0.39 is 0 Å². The zero-order chi connectivity index (χ0) is 19.3. The van der Waals surface area contributed by atoms with Gasteiger partial charge >= 0.3 is 0 Å². The van der Waals surface area contributed by atoms with Crippen LogP contribution < -0.4 is 4.74 Å². The molecule has 0 bridgehead atoms. The topological polar surface area (TPSA) is 29.5 Å². The van der Waals surface area contributed by atoms with Gasteiger partial charge in [0.25, 0.3) is 5.91 Å². The smallest absolute Gasteiger partial charge is 0.254 e. The predicted octanol–water partition coefficient (Wildman–Crippen LogP) is 5.30. The molecule has 0 radical (unpaired) electrons. The molecule has 0 aromatic heterocycles. The standard InChI is InChI=1S/C23H31NO2/c1-16(2)24(17(3)4)23(25)22-10-8-7-9-21(22)18(5)15-19-11-13-20(26-6)14-12-19/h7-14,16-18H,15H2,1-6H3/t18-/m1/s1. The number of amides is 1. The van der Waals surface area contributed by atoms with E-state index >= 15 is 0 Å². The third-order valence-electron chi connectivity index (χ3n) is 4.77. The predicted molar refractivity (Wildman–Crippen MR) is 108 cm³/mol. The van der Waals surface area contributed by atoms with Crippen LogP contribution in [0.5, 0.6) is 5.75 Å². The van der Waals surface area contributed by atoms with E-state index in [1.54, 1.807) is 7.11 Å². The van der Waals surface area contributed by atoms with Gasteiger partial charge in [-0.1, -0.05) is 37.3 Å². The molecule has 0 spiro atoms. The Labute approximate surface area is 158 Å². The van der Waals surface area contributed by atoms with Crippen LogP contribution in [0.3, 0.4) is 0 Å². The SMILES string of the molecule is COc1ccc(C[C@@H](C)c2ccccc2C(=O)N(C(C)C)C(C)C)cc1. The molecule has 26 heavy (non-hydrogen) atoms.